The van der Waals surface area contributed by atoms with Crippen LogP contribution in [0.3, 0.4) is 0 Å². The average molecular weight is 842 g/mol. The minimum absolute atomic E-state index is 0. The van der Waals surface area contributed by atoms with E-state index in [1.807, 2.05) is 0 Å². The van der Waals surface area contributed by atoms with Crippen molar-refractivity contribution in [3.05, 3.63) is 168 Å². The zero-order valence-corrected chi connectivity index (χ0v) is 36.1. The fourth-order valence-corrected chi connectivity index (χ4v) is 17.6. The van der Waals surface area contributed by atoms with E-state index >= 15 is 0 Å². The molecule has 0 aliphatic heterocycles. The molecule has 0 radical (unpaired) electrons. The Morgan fingerprint density at radius 2 is 1.21 bits per heavy atom. The quantitative estimate of drug-likeness (QED) is 0.166. The molecule has 0 amide bonds. The second-order valence-electron chi connectivity index (χ2n) is 16.0. The summed E-state index contributed by atoms with van der Waals surface area (Å²) in [6, 6.07) is 38.3. The molecule has 0 fully saturated rings. The van der Waals surface area contributed by atoms with Gasteiger partial charge in [0.05, 0.1) is 0 Å². The first-order valence-electron chi connectivity index (χ1n) is 17.7. The summed E-state index contributed by atoms with van der Waals surface area (Å²) in [5.74, 6) is 0. The smallest absolute Gasteiger partial charge is 0.147 e. The number of halogens is 4. The number of fused-ring (bicyclic) bond motifs is 5. The van der Waals surface area contributed by atoms with E-state index in [9.17, 15) is 0 Å². The van der Waals surface area contributed by atoms with Crippen LogP contribution in [0.5, 0.6) is 0 Å². The maximum absolute atomic E-state index is 7.08. The zero-order valence-electron chi connectivity index (χ0n) is 30.5. The van der Waals surface area contributed by atoms with Gasteiger partial charge in [0, 0.05) is 0 Å². The molecule has 0 nitrogen and oxygen atoms in total. The van der Waals surface area contributed by atoms with Crippen LogP contribution in [-0.2, 0) is 38.5 Å². The van der Waals surface area contributed by atoms with Gasteiger partial charge >= 0.3 is 317 Å². The zero-order chi connectivity index (χ0) is 34.9. The van der Waals surface area contributed by atoms with Crippen molar-refractivity contribution >= 4 is 76.0 Å². The monoisotopic (exact) mass is 838 g/mol. The molecule has 0 bridgehead atoms. The van der Waals surface area contributed by atoms with Crippen LogP contribution in [0.25, 0.3) is 32.7 Å². The average Bonchev–Trinajstić information content (AvgIpc) is 3.73. The number of rotatable bonds is 4. The Morgan fingerprint density at radius 3 is 1.75 bits per heavy atom. The molecule has 8 rings (SSSR count). The van der Waals surface area contributed by atoms with Gasteiger partial charge in [-0.25, -0.2) is 0 Å². The van der Waals surface area contributed by atoms with Crippen molar-refractivity contribution in [1.29, 1.82) is 0 Å². The molecular formula is C47H44Cl4Zr. The molecular weight excluding hydrogens is 798 g/mol. The molecule has 0 saturated heterocycles. The maximum atomic E-state index is 7.08. The second-order valence-corrected chi connectivity index (χ2v) is 22.7. The molecule has 0 saturated carbocycles. The van der Waals surface area contributed by atoms with E-state index in [-0.39, 0.29) is 35.6 Å². The van der Waals surface area contributed by atoms with Crippen molar-refractivity contribution in [3.63, 3.8) is 0 Å². The van der Waals surface area contributed by atoms with E-state index in [4.69, 9.17) is 23.2 Å². The Bertz CT molecular complexity index is 2380. The summed E-state index contributed by atoms with van der Waals surface area (Å²) >= 11 is 11.0. The van der Waals surface area contributed by atoms with E-state index in [0.29, 0.717) is 0 Å². The summed E-state index contributed by atoms with van der Waals surface area (Å²) in [7, 11) is 0. The number of allylic oxidation sites excluding steroid dienone is 4. The molecule has 0 atom stereocenters. The number of hydrogen-bond donors (Lipinski definition) is 0. The Hall–Kier alpha value is -2.77. The second kappa shape index (κ2) is 14.8. The van der Waals surface area contributed by atoms with Crippen molar-refractivity contribution in [2.75, 3.05) is 0 Å². The van der Waals surface area contributed by atoms with E-state index in [1.165, 1.54) is 58.5 Å². The fourth-order valence-electron chi connectivity index (χ4n) is 8.11. The van der Waals surface area contributed by atoms with Crippen molar-refractivity contribution in [2.45, 2.75) is 65.2 Å². The van der Waals surface area contributed by atoms with Crippen LogP contribution in [0.4, 0.5) is 0 Å². The van der Waals surface area contributed by atoms with Crippen LogP contribution in [-0.4, -0.2) is 3.21 Å². The van der Waals surface area contributed by atoms with Gasteiger partial charge in [0.15, 0.2) is 0 Å². The van der Waals surface area contributed by atoms with Crippen LogP contribution in [0, 0.1) is 0 Å². The van der Waals surface area contributed by atoms with Crippen molar-refractivity contribution in [2.24, 2.45) is 0 Å². The summed E-state index contributed by atoms with van der Waals surface area (Å²) < 4.78 is 4.65. The summed E-state index contributed by atoms with van der Waals surface area (Å²) in [5, 5.41) is 6.33. The van der Waals surface area contributed by atoms with E-state index in [1.54, 1.807) is 6.55 Å². The number of hydrogen-bond acceptors (Lipinski definition) is 0. The van der Waals surface area contributed by atoms with Gasteiger partial charge in [-0.05, 0) is 0 Å². The molecule has 2 aliphatic carbocycles. The van der Waals surface area contributed by atoms with Crippen molar-refractivity contribution < 1.29 is 21.3 Å². The predicted octanol–water partition coefficient (Wildman–Crippen LogP) is 13.7. The van der Waals surface area contributed by atoms with Crippen molar-refractivity contribution in [1.82, 2.24) is 0 Å². The van der Waals surface area contributed by atoms with Gasteiger partial charge in [-0.3, -0.25) is 0 Å². The van der Waals surface area contributed by atoms with E-state index in [2.05, 4.69) is 163 Å². The van der Waals surface area contributed by atoms with Gasteiger partial charge in [0.2, 0.25) is 0 Å². The molecule has 5 heteroatoms. The molecule has 6 aromatic carbocycles. The third-order valence-corrected chi connectivity index (χ3v) is 18.6. The molecule has 52 heavy (non-hydrogen) atoms. The first-order valence-corrected chi connectivity index (χ1v) is 22.1. The maximum Gasteiger partial charge on any atom is -0.147 e. The summed E-state index contributed by atoms with van der Waals surface area (Å²) in [6.45, 7) is 14.1. The molecule has 0 heterocycles. The minimum Gasteiger partial charge on any atom is -0.147 e. The molecule has 2 aliphatic rings. The van der Waals surface area contributed by atoms with Crippen molar-refractivity contribution in [3.8, 4) is 11.1 Å². The van der Waals surface area contributed by atoms with E-state index in [0.717, 1.165) is 33.7 Å². The van der Waals surface area contributed by atoms with Crippen LogP contribution < -0.4 is 3.27 Å². The Morgan fingerprint density at radius 1 is 0.635 bits per heavy atom. The van der Waals surface area contributed by atoms with Gasteiger partial charge in [-0.15, -0.1) is 24.8 Å². The molecule has 0 spiro atoms. The minimum atomic E-state index is -3.14. The van der Waals surface area contributed by atoms with Gasteiger partial charge in [0.1, 0.15) is 0 Å². The van der Waals surface area contributed by atoms with E-state index < -0.39 is 21.3 Å². The normalized spacial score (nSPS) is 13.3. The fraction of sp³-hybridized carbons (Fsp3) is 0.213. The number of benzene rings is 6. The Kier molecular flexibility index (Phi) is 11.1. The molecule has 0 unspecified atom stereocenters. The summed E-state index contributed by atoms with van der Waals surface area (Å²) in [4.78, 5) is 0. The Labute approximate surface area is 338 Å². The van der Waals surface area contributed by atoms with Gasteiger partial charge in [-0.2, -0.15) is 0 Å². The largest absolute Gasteiger partial charge is 0.147 e. The first-order chi connectivity index (χ1) is 23.9. The topological polar surface area (TPSA) is 0 Å². The van der Waals surface area contributed by atoms with Crippen LogP contribution in [0.2, 0.25) is 10.0 Å². The molecule has 264 valence electrons. The third-order valence-electron chi connectivity index (χ3n) is 10.5. The summed E-state index contributed by atoms with van der Waals surface area (Å²) in [6.07, 6.45) is 9.01. The Balaban J connectivity index is 0.00000232. The third kappa shape index (κ3) is 6.98. The SMILES string of the molecule is CC(C)(C)c1ccc2c(c1)Cc1c-2ccc(C(C)(C)C)[c]1[Zr]([C]1=CC=CC1)=[C](c1cc(Cl)cc2ccccc12)c1cc(Cl)cc2ccccc12.Cl.Cl. The molecule has 0 aromatic heterocycles. The summed E-state index contributed by atoms with van der Waals surface area (Å²) in [5.41, 5.74) is 11.1. The van der Waals surface area contributed by atoms with Gasteiger partial charge in [-0.1, -0.05) is 0 Å². The van der Waals surface area contributed by atoms with Crippen LogP contribution >= 0.6 is 48.0 Å². The standard InChI is InChI=1S/C21H12Cl2.C21H25.C5H5.2ClH.Zr/c22-18-10-14-5-1-3-7-20(14)16(12-18)9-17-13-19(23)11-15-6-2-4-8-21(15)17;1-20(2,3)16-7-9-18-14(12-16)11-15-13-17(21(4,5)6)8-10-19(15)18;1-2-4-5-3-1;;;/h1-8,10-13H;7-10,12H,11H2,1-6H3;1-3H,4H2;2*1H;. The predicted molar refractivity (Wildman–Crippen MR) is 229 cm³/mol. The van der Waals surface area contributed by atoms with Gasteiger partial charge in [0.25, 0.3) is 0 Å². The van der Waals surface area contributed by atoms with Gasteiger partial charge < -0.3 is 0 Å². The molecule has 6 aromatic rings. The van der Waals surface area contributed by atoms with Crippen LogP contribution in [0.15, 0.2) is 125 Å². The molecule has 0 N–H and O–H groups in total. The van der Waals surface area contributed by atoms with Crippen LogP contribution in [0.1, 0.15) is 81.3 Å². The first kappa shape index (κ1) is 38.9.